The molecule has 1 aliphatic rings. The van der Waals surface area contributed by atoms with Crippen LogP contribution in [-0.4, -0.2) is 35.6 Å². The van der Waals surface area contributed by atoms with Crippen LogP contribution >= 0.6 is 0 Å². The first-order chi connectivity index (χ1) is 9.97. The Morgan fingerprint density at radius 1 is 1.57 bits per heavy atom. The van der Waals surface area contributed by atoms with Crippen molar-refractivity contribution >= 4 is 11.5 Å². The van der Waals surface area contributed by atoms with E-state index in [1.165, 1.54) is 0 Å². The third-order valence-electron chi connectivity index (χ3n) is 3.81. The molecule has 2 rings (SSSR count). The molecule has 0 saturated carbocycles. The van der Waals surface area contributed by atoms with Crippen LogP contribution < -0.4 is 10.2 Å². The summed E-state index contributed by atoms with van der Waals surface area (Å²) in [6, 6.07) is 2.07. The van der Waals surface area contributed by atoms with E-state index in [1.807, 2.05) is 6.92 Å². The molecule has 0 bridgehead atoms. The Morgan fingerprint density at radius 3 is 3.00 bits per heavy atom. The van der Waals surface area contributed by atoms with E-state index in [2.05, 4.69) is 29.0 Å². The van der Waals surface area contributed by atoms with Gasteiger partial charge in [-0.1, -0.05) is 13.8 Å². The topological polar surface area (TPSA) is 71.3 Å². The second-order valence-electron chi connectivity index (χ2n) is 6.13. The highest BCUT2D eigenvalue weighted by molar-refractivity contribution is 5.58. The lowest BCUT2D eigenvalue weighted by atomic mass is 9.97. The molecule has 0 spiro atoms. The molecule has 1 aliphatic heterocycles. The fraction of sp³-hybridized carbons (Fsp3) is 0.667. The fourth-order valence-corrected chi connectivity index (χ4v) is 2.75. The summed E-state index contributed by atoms with van der Waals surface area (Å²) in [6.45, 7) is 8.72. The number of aromatic nitrogens is 1. The number of anilines is 1. The lowest BCUT2D eigenvalue weighted by molar-refractivity contribution is -0.384. The van der Waals surface area contributed by atoms with Crippen LogP contribution in [0.3, 0.4) is 0 Å². The summed E-state index contributed by atoms with van der Waals surface area (Å²) in [5.41, 5.74) is 0.938. The van der Waals surface area contributed by atoms with Crippen LogP contribution in [-0.2, 0) is 0 Å². The molecule has 1 unspecified atom stereocenters. The molecule has 0 amide bonds. The normalized spacial score (nSPS) is 19.0. The Labute approximate surface area is 125 Å². The summed E-state index contributed by atoms with van der Waals surface area (Å²) < 4.78 is 0. The monoisotopic (exact) mass is 292 g/mol. The van der Waals surface area contributed by atoms with Crippen molar-refractivity contribution in [2.24, 2.45) is 5.92 Å². The predicted molar refractivity (Wildman–Crippen MR) is 83.7 cm³/mol. The average molecular weight is 292 g/mol. The first-order valence-electron chi connectivity index (χ1n) is 7.56. The van der Waals surface area contributed by atoms with Gasteiger partial charge < -0.3 is 10.2 Å². The van der Waals surface area contributed by atoms with Gasteiger partial charge in [0.2, 0.25) is 5.82 Å². The summed E-state index contributed by atoms with van der Waals surface area (Å²) in [5, 5.41) is 14.7. The van der Waals surface area contributed by atoms with Crippen LogP contribution in [0, 0.1) is 23.0 Å². The number of aryl methyl sites for hydroxylation is 1. The van der Waals surface area contributed by atoms with E-state index < -0.39 is 0 Å². The van der Waals surface area contributed by atoms with Gasteiger partial charge in [-0.3, -0.25) is 10.1 Å². The molecule has 1 aromatic heterocycles. The van der Waals surface area contributed by atoms with Crippen LogP contribution in [0.4, 0.5) is 11.5 Å². The summed E-state index contributed by atoms with van der Waals surface area (Å²) in [7, 11) is 0. The van der Waals surface area contributed by atoms with Crippen molar-refractivity contribution in [3.8, 4) is 0 Å². The van der Waals surface area contributed by atoms with Crippen molar-refractivity contribution in [2.75, 3.05) is 24.5 Å². The van der Waals surface area contributed by atoms with Crippen LogP contribution in [0.1, 0.15) is 32.3 Å². The maximum atomic E-state index is 11.2. The molecule has 1 aromatic rings. The number of nitrogens with zero attached hydrogens (tertiary/aromatic N) is 3. The van der Waals surface area contributed by atoms with E-state index in [9.17, 15) is 10.1 Å². The lowest BCUT2D eigenvalue weighted by Gasteiger charge is -2.33. The largest absolute Gasteiger partial charge is 0.351 e. The molecule has 116 valence electrons. The van der Waals surface area contributed by atoms with Crippen molar-refractivity contribution in [3.05, 3.63) is 27.9 Å². The number of rotatable bonds is 5. The van der Waals surface area contributed by atoms with E-state index in [-0.39, 0.29) is 10.6 Å². The summed E-state index contributed by atoms with van der Waals surface area (Å²) >= 11 is 0. The minimum absolute atomic E-state index is 0.118. The van der Waals surface area contributed by atoms with E-state index in [1.54, 1.807) is 12.3 Å². The predicted octanol–water partition coefficient (Wildman–Crippen LogP) is 2.51. The molecule has 1 fully saturated rings. The summed E-state index contributed by atoms with van der Waals surface area (Å²) in [5.74, 6) is 1.03. The van der Waals surface area contributed by atoms with Gasteiger partial charge in [0.25, 0.3) is 0 Å². The Bertz CT molecular complexity index is 504. The van der Waals surface area contributed by atoms with Crippen LogP contribution in [0.15, 0.2) is 12.3 Å². The number of nitro groups is 1. The summed E-state index contributed by atoms with van der Waals surface area (Å²) in [4.78, 5) is 17.3. The van der Waals surface area contributed by atoms with Crippen LogP contribution in [0.25, 0.3) is 0 Å². The maximum Gasteiger partial charge on any atom is 0.311 e. The number of pyridine rings is 1. The average Bonchev–Trinajstić information content (AvgIpc) is 2.45. The summed E-state index contributed by atoms with van der Waals surface area (Å²) in [6.07, 6.45) is 3.92. The van der Waals surface area contributed by atoms with E-state index in [0.717, 1.165) is 38.0 Å². The molecular formula is C15H24N4O2. The number of hydrogen-bond acceptors (Lipinski definition) is 5. The zero-order chi connectivity index (χ0) is 15.4. The molecular weight excluding hydrogens is 268 g/mol. The molecule has 21 heavy (non-hydrogen) atoms. The Hall–Kier alpha value is -1.69. The highest BCUT2D eigenvalue weighted by Crippen LogP contribution is 2.29. The molecule has 1 saturated heterocycles. The van der Waals surface area contributed by atoms with Gasteiger partial charge >= 0.3 is 5.69 Å². The Kier molecular flexibility index (Phi) is 5.12. The van der Waals surface area contributed by atoms with Crippen molar-refractivity contribution < 1.29 is 4.92 Å². The molecule has 0 radical (unpaired) electrons. The lowest BCUT2D eigenvalue weighted by Crippen LogP contribution is -2.41. The molecule has 2 heterocycles. The zero-order valence-electron chi connectivity index (χ0n) is 13.0. The highest BCUT2D eigenvalue weighted by Gasteiger charge is 2.26. The third kappa shape index (κ3) is 4.14. The third-order valence-corrected chi connectivity index (χ3v) is 3.81. The Balaban J connectivity index is 2.12. The maximum absolute atomic E-state index is 11.2. The number of nitrogens with one attached hydrogen (secondary N) is 1. The number of hydrogen-bond donors (Lipinski definition) is 1. The van der Waals surface area contributed by atoms with E-state index in [4.69, 9.17) is 0 Å². The minimum atomic E-state index is -0.328. The smallest absolute Gasteiger partial charge is 0.311 e. The van der Waals surface area contributed by atoms with Gasteiger partial charge in [0.15, 0.2) is 0 Å². The fourth-order valence-electron chi connectivity index (χ4n) is 2.75. The quantitative estimate of drug-likeness (QED) is 0.667. The zero-order valence-corrected chi connectivity index (χ0v) is 13.0. The second kappa shape index (κ2) is 6.85. The molecule has 6 nitrogen and oxygen atoms in total. The second-order valence-corrected chi connectivity index (χ2v) is 6.13. The van der Waals surface area contributed by atoms with Crippen molar-refractivity contribution in [2.45, 2.75) is 39.7 Å². The SMILES string of the molecule is Cc1cnc(N2CCCC(CNC(C)C)C2)c([N+](=O)[O-])c1. The van der Waals surface area contributed by atoms with Crippen molar-refractivity contribution in [1.82, 2.24) is 10.3 Å². The van der Waals surface area contributed by atoms with Gasteiger partial charge in [-0.25, -0.2) is 4.98 Å². The minimum Gasteiger partial charge on any atom is -0.351 e. The van der Waals surface area contributed by atoms with Crippen LogP contribution in [0.2, 0.25) is 0 Å². The molecule has 6 heteroatoms. The first-order valence-corrected chi connectivity index (χ1v) is 7.56. The molecule has 0 aliphatic carbocycles. The highest BCUT2D eigenvalue weighted by atomic mass is 16.6. The van der Waals surface area contributed by atoms with Gasteiger partial charge in [0, 0.05) is 31.4 Å². The van der Waals surface area contributed by atoms with Crippen molar-refractivity contribution in [3.63, 3.8) is 0 Å². The number of piperidine rings is 1. The van der Waals surface area contributed by atoms with Crippen molar-refractivity contribution in [1.29, 1.82) is 0 Å². The standard InChI is InChI=1S/C15H24N4O2/c1-11(2)16-9-13-5-4-6-18(10-13)15-14(19(20)21)7-12(3)8-17-15/h7-8,11,13,16H,4-6,9-10H2,1-3H3. The van der Waals surface area contributed by atoms with E-state index >= 15 is 0 Å². The van der Waals surface area contributed by atoms with Gasteiger partial charge in [-0.05, 0) is 37.8 Å². The van der Waals surface area contributed by atoms with Gasteiger partial charge in [0.1, 0.15) is 0 Å². The Morgan fingerprint density at radius 2 is 2.33 bits per heavy atom. The first kappa shape index (κ1) is 15.7. The van der Waals surface area contributed by atoms with Gasteiger partial charge in [-0.2, -0.15) is 0 Å². The molecule has 1 atom stereocenters. The van der Waals surface area contributed by atoms with Gasteiger partial charge in [0.05, 0.1) is 4.92 Å². The molecule has 1 N–H and O–H groups in total. The van der Waals surface area contributed by atoms with Crippen LogP contribution in [0.5, 0.6) is 0 Å². The van der Waals surface area contributed by atoms with E-state index in [0.29, 0.717) is 17.8 Å². The molecule has 0 aromatic carbocycles. The van der Waals surface area contributed by atoms with Gasteiger partial charge in [-0.15, -0.1) is 0 Å².